The molecule has 0 amide bonds. The van der Waals surface area contributed by atoms with Crippen molar-refractivity contribution in [3.05, 3.63) is 71.7 Å². The summed E-state index contributed by atoms with van der Waals surface area (Å²) in [6.07, 6.45) is 7.33. The first kappa shape index (κ1) is 22.7. The van der Waals surface area contributed by atoms with Crippen molar-refractivity contribution in [3.8, 4) is 11.3 Å². The average Bonchev–Trinajstić information content (AvgIpc) is 3.37. The van der Waals surface area contributed by atoms with Crippen LogP contribution in [0.1, 0.15) is 36.2 Å². The summed E-state index contributed by atoms with van der Waals surface area (Å²) in [6.45, 7) is 3.76. The molecule has 0 N–H and O–H groups in total. The molecule has 3 fully saturated rings. The first-order valence-electron chi connectivity index (χ1n) is 11.3. The van der Waals surface area contributed by atoms with Gasteiger partial charge in [0.1, 0.15) is 11.6 Å². The van der Waals surface area contributed by atoms with Crippen molar-refractivity contribution in [2.75, 3.05) is 0 Å². The molecule has 1 atom stereocenters. The highest BCUT2D eigenvalue weighted by Gasteiger charge is 2.57. The molecule has 0 spiro atoms. The Morgan fingerprint density at radius 3 is 2.41 bits per heavy atom. The second kappa shape index (κ2) is 8.63. The summed E-state index contributed by atoms with van der Waals surface area (Å²) in [5.41, 5.74) is 3.48. The summed E-state index contributed by atoms with van der Waals surface area (Å²) in [6, 6.07) is 5.91. The SMILES string of the molecule is Cc1ncc(-c2cc(CCC(=O)[C@@H]3C4CC(C4)N3S(=O)(=O)c3ccc(F)cc3)c(C)cn2)cn1. The van der Waals surface area contributed by atoms with Crippen LogP contribution in [0, 0.1) is 25.6 Å². The molecular formula is C25H25FN4O3S. The summed E-state index contributed by atoms with van der Waals surface area (Å²) in [5.74, 6) is 0.150. The van der Waals surface area contributed by atoms with Crippen molar-refractivity contribution in [1.29, 1.82) is 0 Å². The van der Waals surface area contributed by atoms with E-state index < -0.39 is 21.9 Å². The largest absolute Gasteiger partial charge is 0.298 e. The summed E-state index contributed by atoms with van der Waals surface area (Å²) in [4.78, 5) is 26.2. The van der Waals surface area contributed by atoms with Gasteiger partial charge in [-0.3, -0.25) is 9.78 Å². The summed E-state index contributed by atoms with van der Waals surface area (Å²) in [7, 11) is -3.87. The molecule has 2 aliphatic heterocycles. The Morgan fingerprint density at radius 2 is 1.74 bits per heavy atom. The number of sulfonamides is 1. The van der Waals surface area contributed by atoms with E-state index >= 15 is 0 Å². The number of benzene rings is 1. The van der Waals surface area contributed by atoms with Crippen LogP contribution in [-0.4, -0.2) is 45.5 Å². The van der Waals surface area contributed by atoms with Crippen molar-refractivity contribution in [2.24, 2.45) is 5.92 Å². The zero-order chi connectivity index (χ0) is 24.0. The predicted molar refractivity (Wildman–Crippen MR) is 124 cm³/mol. The fourth-order valence-corrected chi connectivity index (χ4v) is 6.81. The van der Waals surface area contributed by atoms with Crippen LogP contribution < -0.4 is 0 Å². The minimum atomic E-state index is -3.87. The Hall–Kier alpha value is -3.04. The normalized spacial score (nSPS) is 21.9. The van der Waals surface area contributed by atoms with Crippen LogP contribution in [-0.2, 0) is 21.2 Å². The Kier molecular flexibility index (Phi) is 5.77. The van der Waals surface area contributed by atoms with Gasteiger partial charge >= 0.3 is 0 Å². The van der Waals surface area contributed by atoms with Gasteiger partial charge in [-0.25, -0.2) is 22.8 Å². The number of carbonyl (C=O) groups excluding carboxylic acids is 1. The molecule has 3 aromatic rings. The second-order valence-electron chi connectivity index (χ2n) is 9.10. The molecule has 7 nitrogen and oxygen atoms in total. The zero-order valence-corrected chi connectivity index (χ0v) is 19.8. The van der Waals surface area contributed by atoms with Gasteiger partial charge in [0.25, 0.3) is 0 Å². The Balaban J connectivity index is 1.34. The maximum atomic E-state index is 13.3. The van der Waals surface area contributed by atoms with E-state index in [0.717, 1.165) is 34.5 Å². The van der Waals surface area contributed by atoms with Gasteiger partial charge in [-0.1, -0.05) is 0 Å². The van der Waals surface area contributed by atoms with E-state index in [2.05, 4.69) is 15.0 Å². The van der Waals surface area contributed by atoms with Gasteiger partial charge in [0.05, 0.1) is 16.6 Å². The molecule has 4 heterocycles. The highest BCUT2D eigenvalue weighted by atomic mass is 32.2. The van der Waals surface area contributed by atoms with Crippen LogP contribution >= 0.6 is 0 Å². The highest BCUT2D eigenvalue weighted by Crippen LogP contribution is 2.49. The van der Waals surface area contributed by atoms with Gasteiger partial charge in [0.15, 0.2) is 5.78 Å². The molecule has 176 valence electrons. The Morgan fingerprint density at radius 1 is 1.06 bits per heavy atom. The number of pyridine rings is 1. The van der Waals surface area contributed by atoms with Crippen LogP contribution in [0.5, 0.6) is 0 Å². The molecular weight excluding hydrogens is 455 g/mol. The number of carbonyl (C=O) groups is 1. The van der Waals surface area contributed by atoms with Gasteiger partial charge in [-0.2, -0.15) is 4.31 Å². The van der Waals surface area contributed by atoms with Crippen LogP contribution in [0.3, 0.4) is 0 Å². The minimum absolute atomic E-state index is 0.0224. The number of hydrogen-bond acceptors (Lipinski definition) is 6. The Labute approximate surface area is 198 Å². The number of rotatable bonds is 7. The van der Waals surface area contributed by atoms with Gasteiger partial charge in [-0.05, 0) is 80.5 Å². The number of halogens is 1. The van der Waals surface area contributed by atoms with Gasteiger partial charge in [0.2, 0.25) is 10.0 Å². The van der Waals surface area contributed by atoms with Crippen molar-refractivity contribution in [3.63, 3.8) is 0 Å². The number of nitrogens with zero attached hydrogens (tertiary/aromatic N) is 4. The molecule has 3 aliphatic rings. The van der Waals surface area contributed by atoms with Crippen molar-refractivity contribution in [2.45, 2.75) is 56.5 Å². The molecule has 1 aliphatic carbocycles. The third-order valence-electron chi connectivity index (χ3n) is 6.88. The number of aromatic nitrogens is 3. The van der Waals surface area contributed by atoms with E-state index in [9.17, 15) is 17.6 Å². The smallest absolute Gasteiger partial charge is 0.243 e. The lowest BCUT2D eigenvalue weighted by atomic mass is 9.81. The van der Waals surface area contributed by atoms with E-state index in [-0.39, 0.29) is 29.1 Å². The zero-order valence-electron chi connectivity index (χ0n) is 19.0. The number of ketones is 1. The third-order valence-corrected chi connectivity index (χ3v) is 8.83. The predicted octanol–water partition coefficient (Wildman–Crippen LogP) is 3.65. The molecule has 9 heteroatoms. The van der Waals surface area contributed by atoms with E-state index in [4.69, 9.17) is 0 Å². The number of hydrogen-bond donors (Lipinski definition) is 0. The lowest BCUT2D eigenvalue weighted by molar-refractivity contribution is -0.122. The quantitative estimate of drug-likeness (QED) is 0.513. The molecule has 2 bridgehead atoms. The van der Waals surface area contributed by atoms with E-state index in [1.807, 2.05) is 19.9 Å². The maximum Gasteiger partial charge on any atom is 0.243 e. The van der Waals surface area contributed by atoms with E-state index in [0.29, 0.717) is 25.1 Å². The van der Waals surface area contributed by atoms with Crippen molar-refractivity contribution < 1.29 is 17.6 Å². The van der Waals surface area contributed by atoms with Crippen LogP contribution in [0.2, 0.25) is 0 Å². The molecule has 0 unspecified atom stereocenters. The van der Waals surface area contributed by atoms with Crippen molar-refractivity contribution in [1.82, 2.24) is 19.3 Å². The monoisotopic (exact) mass is 480 g/mol. The van der Waals surface area contributed by atoms with Gasteiger partial charge in [0, 0.05) is 36.6 Å². The van der Waals surface area contributed by atoms with E-state index in [1.54, 1.807) is 18.6 Å². The van der Waals surface area contributed by atoms with Crippen molar-refractivity contribution >= 4 is 15.8 Å². The fourth-order valence-electron chi connectivity index (χ4n) is 4.93. The third kappa shape index (κ3) is 4.03. The number of aryl methyl sites for hydroxylation is 3. The molecule has 2 aromatic heterocycles. The summed E-state index contributed by atoms with van der Waals surface area (Å²) >= 11 is 0. The van der Waals surface area contributed by atoms with Gasteiger partial charge in [-0.15, -0.1) is 0 Å². The molecule has 1 saturated carbocycles. The fraction of sp³-hybridized carbons (Fsp3) is 0.360. The number of Topliss-reactive ketones (excluding diaryl/α,β-unsaturated/α-hetero) is 1. The molecule has 2 saturated heterocycles. The highest BCUT2D eigenvalue weighted by molar-refractivity contribution is 7.89. The topological polar surface area (TPSA) is 93.1 Å². The minimum Gasteiger partial charge on any atom is -0.298 e. The molecule has 34 heavy (non-hydrogen) atoms. The molecule has 6 rings (SSSR count). The maximum absolute atomic E-state index is 13.3. The van der Waals surface area contributed by atoms with E-state index in [1.165, 1.54) is 16.4 Å². The average molecular weight is 481 g/mol. The molecule has 0 radical (unpaired) electrons. The summed E-state index contributed by atoms with van der Waals surface area (Å²) < 4.78 is 41.3. The van der Waals surface area contributed by atoms with Crippen LogP contribution in [0.15, 0.2) is 53.8 Å². The summed E-state index contributed by atoms with van der Waals surface area (Å²) in [5, 5.41) is 0. The van der Waals surface area contributed by atoms with Gasteiger partial charge < -0.3 is 0 Å². The first-order chi connectivity index (χ1) is 16.2. The lowest BCUT2D eigenvalue weighted by Crippen LogP contribution is -2.41. The second-order valence-corrected chi connectivity index (χ2v) is 10.9. The standard InChI is InChI=1S/C25H25FN4O3S/c1-15-12-29-23(19-13-27-16(2)28-14-19)11-17(15)3-8-24(31)25-18-9-21(10-18)30(25)34(32,33)22-6-4-20(26)5-7-22/h4-7,11-14,18,21,25H,3,8-10H2,1-2H3/t18?,21?,25-/m0/s1. The number of fused-ring (bicyclic) bond motifs is 1. The van der Waals surface area contributed by atoms with Crippen LogP contribution in [0.4, 0.5) is 4.39 Å². The first-order valence-corrected chi connectivity index (χ1v) is 12.7. The van der Waals surface area contributed by atoms with Crippen LogP contribution in [0.25, 0.3) is 11.3 Å². The Bertz CT molecular complexity index is 1340. The molecule has 1 aromatic carbocycles. The lowest BCUT2D eigenvalue weighted by Gasteiger charge is -2.25.